The minimum atomic E-state index is -0.667. The molecule has 0 aliphatic carbocycles. The van der Waals surface area contributed by atoms with Crippen LogP contribution in [0.1, 0.15) is 22.8 Å². The first-order valence-corrected chi connectivity index (χ1v) is 8.48. The van der Waals surface area contributed by atoms with Gasteiger partial charge in [0.25, 0.3) is 11.6 Å². The molecule has 0 fully saturated rings. The largest absolute Gasteiger partial charge is 0.493 e. The number of rotatable bonds is 5. The molecule has 0 saturated heterocycles. The fourth-order valence-electron chi connectivity index (χ4n) is 3.18. The fourth-order valence-corrected chi connectivity index (χ4v) is 3.18. The number of nitrogens with one attached hydrogen (secondary N) is 1. The van der Waals surface area contributed by atoms with Crippen LogP contribution in [0.3, 0.4) is 0 Å². The number of anilines is 2. The van der Waals surface area contributed by atoms with Crippen molar-refractivity contribution in [2.24, 2.45) is 0 Å². The van der Waals surface area contributed by atoms with Crippen molar-refractivity contribution in [3.63, 3.8) is 0 Å². The van der Waals surface area contributed by atoms with Crippen LogP contribution in [-0.2, 0) is 11.2 Å². The molecule has 0 atom stereocenters. The van der Waals surface area contributed by atoms with E-state index >= 15 is 0 Å². The first-order valence-electron chi connectivity index (χ1n) is 8.48. The van der Waals surface area contributed by atoms with Gasteiger partial charge in [0.05, 0.1) is 25.2 Å². The summed E-state index contributed by atoms with van der Waals surface area (Å²) in [4.78, 5) is 36.9. The Bertz CT molecular complexity index is 972. The average molecular weight is 385 g/mol. The van der Waals surface area contributed by atoms with E-state index in [9.17, 15) is 19.7 Å². The number of nitrogens with zero attached hydrogens (tertiary/aromatic N) is 2. The van der Waals surface area contributed by atoms with E-state index in [-0.39, 0.29) is 23.0 Å². The number of carbonyl (C=O) groups is 2. The molecule has 0 aromatic heterocycles. The van der Waals surface area contributed by atoms with Crippen LogP contribution < -0.4 is 19.7 Å². The lowest BCUT2D eigenvalue weighted by molar-refractivity contribution is -0.385. The van der Waals surface area contributed by atoms with Crippen LogP contribution in [0.2, 0.25) is 0 Å². The summed E-state index contributed by atoms with van der Waals surface area (Å²) >= 11 is 0. The molecule has 3 rings (SSSR count). The second-order valence-electron chi connectivity index (χ2n) is 6.20. The van der Waals surface area contributed by atoms with Gasteiger partial charge in [-0.1, -0.05) is 6.07 Å². The van der Waals surface area contributed by atoms with Crippen LogP contribution in [0.25, 0.3) is 0 Å². The first-order chi connectivity index (χ1) is 13.3. The topological polar surface area (TPSA) is 111 Å². The predicted octanol–water partition coefficient (Wildman–Crippen LogP) is 2.77. The van der Waals surface area contributed by atoms with Crippen LogP contribution in [0, 0.1) is 10.1 Å². The summed E-state index contributed by atoms with van der Waals surface area (Å²) in [5.74, 6) is -0.395. The van der Waals surface area contributed by atoms with Crippen molar-refractivity contribution in [3.8, 4) is 11.5 Å². The Morgan fingerprint density at radius 3 is 2.43 bits per heavy atom. The van der Waals surface area contributed by atoms with Crippen molar-refractivity contribution in [2.75, 3.05) is 31.0 Å². The maximum Gasteiger partial charge on any atom is 0.286 e. The summed E-state index contributed by atoms with van der Waals surface area (Å²) in [5, 5.41) is 14.1. The molecule has 146 valence electrons. The minimum absolute atomic E-state index is 0.0854. The van der Waals surface area contributed by atoms with Gasteiger partial charge in [-0.25, -0.2) is 0 Å². The molecule has 2 aromatic rings. The van der Waals surface area contributed by atoms with Crippen LogP contribution in [0.4, 0.5) is 17.1 Å². The van der Waals surface area contributed by atoms with E-state index < -0.39 is 16.5 Å². The molecule has 0 saturated carbocycles. The lowest BCUT2D eigenvalue weighted by atomic mass is 10.1. The van der Waals surface area contributed by atoms with Gasteiger partial charge >= 0.3 is 0 Å². The number of amides is 2. The van der Waals surface area contributed by atoms with Crippen molar-refractivity contribution < 1.29 is 24.0 Å². The van der Waals surface area contributed by atoms with Gasteiger partial charge in [0.2, 0.25) is 5.91 Å². The zero-order chi connectivity index (χ0) is 20.4. The molecule has 28 heavy (non-hydrogen) atoms. The predicted molar refractivity (Wildman–Crippen MR) is 102 cm³/mol. The van der Waals surface area contributed by atoms with E-state index in [4.69, 9.17) is 9.47 Å². The maximum absolute atomic E-state index is 12.7. The highest BCUT2D eigenvalue weighted by molar-refractivity contribution is 6.08. The highest BCUT2D eigenvalue weighted by Gasteiger charge is 2.26. The van der Waals surface area contributed by atoms with Gasteiger partial charge in [0, 0.05) is 30.9 Å². The van der Waals surface area contributed by atoms with Crippen LogP contribution in [-0.4, -0.2) is 37.5 Å². The van der Waals surface area contributed by atoms with E-state index in [0.717, 1.165) is 23.7 Å². The molecule has 0 spiro atoms. The molecule has 1 aliphatic rings. The molecule has 1 heterocycles. The summed E-state index contributed by atoms with van der Waals surface area (Å²) in [7, 11) is 2.73. The lowest BCUT2D eigenvalue weighted by Gasteiger charge is -2.16. The molecular formula is C19H19N3O6. The number of nitro benzene ring substituents is 1. The monoisotopic (exact) mass is 385 g/mol. The van der Waals surface area contributed by atoms with Gasteiger partial charge < -0.3 is 19.7 Å². The van der Waals surface area contributed by atoms with Crippen LogP contribution in [0.15, 0.2) is 30.3 Å². The Balaban J connectivity index is 1.95. The van der Waals surface area contributed by atoms with Gasteiger partial charge in [-0.05, 0) is 24.1 Å². The Hall–Kier alpha value is -3.62. The summed E-state index contributed by atoms with van der Waals surface area (Å²) in [6, 6.07) is 7.63. The molecular weight excluding hydrogens is 366 g/mol. The Morgan fingerprint density at radius 2 is 1.82 bits per heavy atom. The smallest absolute Gasteiger partial charge is 0.286 e. The van der Waals surface area contributed by atoms with E-state index in [0.29, 0.717) is 12.2 Å². The number of carbonyl (C=O) groups excluding carboxylic acids is 2. The minimum Gasteiger partial charge on any atom is -0.493 e. The van der Waals surface area contributed by atoms with Crippen LogP contribution >= 0.6 is 0 Å². The van der Waals surface area contributed by atoms with E-state index in [1.807, 2.05) is 6.07 Å². The van der Waals surface area contributed by atoms with Crippen molar-refractivity contribution in [1.29, 1.82) is 0 Å². The molecule has 2 amide bonds. The van der Waals surface area contributed by atoms with Gasteiger partial charge in [-0.2, -0.15) is 0 Å². The van der Waals surface area contributed by atoms with Crippen molar-refractivity contribution in [1.82, 2.24) is 0 Å². The quantitative estimate of drug-likeness (QED) is 0.626. The highest BCUT2D eigenvalue weighted by Crippen LogP contribution is 2.35. The normalized spacial score (nSPS) is 12.3. The summed E-state index contributed by atoms with van der Waals surface area (Å²) in [5.41, 5.74) is 1.60. The molecule has 0 radical (unpaired) electrons. The molecule has 9 heteroatoms. The van der Waals surface area contributed by atoms with Crippen molar-refractivity contribution in [3.05, 3.63) is 51.6 Å². The lowest BCUT2D eigenvalue weighted by Crippen LogP contribution is -2.25. The number of fused-ring (bicyclic) bond motifs is 1. The molecule has 0 unspecified atom stereocenters. The SMILES string of the molecule is COc1cc(C(=O)Nc2ccc3c(c2)N(C(C)=O)CC3)c([N+](=O)[O-])cc1OC. The van der Waals surface area contributed by atoms with Crippen LogP contribution in [0.5, 0.6) is 11.5 Å². The average Bonchev–Trinajstić information content (AvgIpc) is 3.10. The third-order valence-corrected chi connectivity index (χ3v) is 4.56. The Morgan fingerprint density at radius 1 is 1.14 bits per heavy atom. The second kappa shape index (κ2) is 7.55. The van der Waals surface area contributed by atoms with Crippen molar-refractivity contribution in [2.45, 2.75) is 13.3 Å². The third kappa shape index (κ3) is 3.46. The third-order valence-electron chi connectivity index (χ3n) is 4.56. The van der Waals surface area contributed by atoms with E-state index in [1.165, 1.54) is 27.2 Å². The van der Waals surface area contributed by atoms with Gasteiger partial charge in [0.1, 0.15) is 5.56 Å². The molecule has 9 nitrogen and oxygen atoms in total. The first kappa shape index (κ1) is 19.2. The van der Waals surface area contributed by atoms with Crippen molar-refractivity contribution >= 4 is 28.9 Å². The van der Waals surface area contributed by atoms with Gasteiger partial charge in [-0.15, -0.1) is 0 Å². The number of nitro groups is 1. The van der Waals surface area contributed by atoms with Gasteiger partial charge in [0.15, 0.2) is 11.5 Å². The zero-order valence-electron chi connectivity index (χ0n) is 15.6. The van der Waals surface area contributed by atoms with E-state index in [1.54, 1.807) is 17.0 Å². The number of benzene rings is 2. The molecule has 0 bridgehead atoms. The fraction of sp³-hybridized carbons (Fsp3) is 0.263. The molecule has 1 N–H and O–H groups in total. The summed E-state index contributed by atoms with van der Waals surface area (Å²) in [6.07, 6.45) is 0.740. The number of ether oxygens (including phenoxy) is 2. The molecule has 2 aromatic carbocycles. The summed E-state index contributed by atoms with van der Waals surface area (Å²) in [6.45, 7) is 2.07. The Labute approximate surface area is 161 Å². The zero-order valence-corrected chi connectivity index (χ0v) is 15.6. The summed E-state index contributed by atoms with van der Waals surface area (Å²) < 4.78 is 10.2. The Kier molecular flexibility index (Phi) is 5.16. The number of hydrogen-bond acceptors (Lipinski definition) is 6. The maximum atomic E-state index is 12.7. The van der Waals surface area contributed by atoms with Gasteiger partial charge in [-0.3, -0.25) is 19.7 Å². The highest BCUT2D eigenvalue weighted by atomic mass is 16.6. The molecule has 1 aliphatic heterocycles. The number of methoxy groups -OCH3 is 2. The standard InChI is InChI=1S/C19H19N3O6/c1-11(23)21-7-6-12-4-5-13(8-15(12)21)20-19(24)14-9-17(27-2)18(28-3)10-16(14)22(25)26/h4-5,8-10H,6-7H2,1-3H3,(H,20,24). The number of hydrogen-bond donors (Lipinski definition) is 1. The van der Waals surface area contributed by atoms with E-state index in [2.05, 4.69) is 5.32 Å². The second-order valence-corrected chi connectivity index (χ2v) is 6.20.